The molecule has 3 aromatic rings. The number of carbonyl (C=O) groups excluding carboxylic acids is 1. The summed E-state index contributed by atoms with van der Waals surface area (Å²) >= 11 is 12.3. The smallest absolute Gasteiger partial charge is 0.151 e. The minimum atomic E-state index is -0.471. The van der Waals surface area contributed by atoms with E-state index in [1.54, 1.807) is 19.3 Å². The third-order valence-corrected chi connectivity index (χ3v) is 4.43. The molecule has 0 aliphatic rings. The van der Waals surface area contributed by atoms with E-state index in [1.807, 2.05) is 0 Å². The fourth-order valence-corrected chi connectivity index (χ4v) is 3.20. The van der Waals surface area contributed by atoms with Gasteiger partial charge in [0.1, 0.15) is 17.4 Å². The van der Waals surface area contributed by atoms with Gasteiger partial charge >= 0.3 is 0 Å². The summed E-state index contributed by atoms with van der Waals surface area (Å²) in [6, 6.07) is 6.66. The molecule has 0 bridgehead atoms. The number of pyridine rings is 1. The zero-order chi connectivity index (χ0) is 19.6. The van der Waals surface area contributed by atoms with Crippen LogP contribution in [0.5, 0.6) is 5.75 Å². The molecule has 3 N–H and O–H groups in total. The molecule has 138 valence electrons. The van der Waals surface area contributed by atoms with Crippen LogP contribution in [-0.4, -0.2) is 23.4 Å². The van der Waals surface area contributed by atoms with Gasteiger partial charge in [-0.05, 0) is 30.5 Å². The number of halogens is 3. The highest BCUT2D eigenvalue weighted by atomic mass is 35.5. The van der Waals surface area contributed by atoms with Crippen LogP contribution in [0.3, 0.4) is 0 Å². The van der Waals surface area contributed by atoms with Gasteiger partial charge in [-0.2, -0.15) is 0 Å². The molecule has 0 saturated carbocycles. The SMILES string of the molecule is CN/C=C\c1c(Nc2c(Cl)cc(O)cc2Cl)nc2ccc(F)cc2c1C=O. The number of fused-ring (bicyclic) bond motifs is 1. The van der Waals surface area contributed by atoms with Crippen LogP contribution in [0, 0.1) is 5.82 Å². The number of carbonyl (C=O) groups is 1. The van der Waals surface area contributed by atoms with Crippen molar-refractivity contribution >= 4 is 58.0 Å². The first-order chi connectivity index (χ1) is 12.9. The molecule has 0 saturated heterocycles. The summed E-state index contributed by atoms with van der Waals surface area (Å²) < 4.78 is 13.7. The Morgan fingerprint density at radius 1 is 1.15 bits per heavy atom. The number of aromatic nitrogens is 1. The van der Waals surface area contributed by atoms with Crippen molar-refractivity contribution in [2.75, 3.05) is 12.4 Å². The first kappa shape index (κ1) is 18.9. The average Bonchev–Trinajstić information content (AvgIpc) is 2.62. The lowest BCUT2D eigenvalue weighted by Crippen LogP contribution is -2.03. The monoisotopic (exact) mass is 405 g/mol. The molecule has 1 heterocycles. The van der Waals surface area contributed by atoms with Crippen molar-refractivity contribution in [3.63, 3.8) is 0 Å². The molecule has 0 fully saturated rings. The van der Waals surface area contributed by atoms with Crippen LogP contribution in [0.15, 0.2) is 36.5 Å². The zero-order valence-electron chi connectivity index (χ0n) is 14.1. The number of nitrogens with zero attached hydrogens (tertiary/aromatic N) is 1. The molecule has 1 aromatic heterocycles. The maximum Gasteiger partial charge on any atom is 0.151 e. The van der Waals surface area contributed by atoms with Gasteiger partial charge in [-0.25, -0.2) is 9.37 Å². The Labute approximate surface area is 164 Å². The molecule has 27 heavy (non-hydrogen) atoms. The Balaban J connectivity index is 2.27. The second kappa shape index (κ2) is 7.82. The van der Waals surface area contributed by atoms with Crippen LogP contribution in [-0.2, 0) is 0 Å². The van der Waals surface area contributed by atoms with Crippen molar-refractivity contribution in [2.45, 2.75) is 0 Å². The Bertz CT molecular complexity index is 1050. The first-order valence-electron chi connectivity index (χ1n) is 7.82. The summed E-state index contributed by atoms with van der Waals surface area (Å²) in [7, 11) is 1.70. The molecule has 0 spiro atoms. The lowest BCUT2D eigenvalue weighted by molar-refractivity contribution is 0.112. The second-order valence-electron chi connectivity index (χ2n) is 5.60. The van der Waals surface area contributed by atoms with Crippen molar-refractivity contribution in [1.82, 2.24) is 10.3 Å². The van der Waals surface area contributed by atoms with E-state index in [9.17, 15) is 14.3 Å². The van der Waals surface area contributed by atoms with E-state index in [0.29, 0.717) is 34.3 Å². The molecular formula is C19H14Cl2FN3O2. The van der Waals surface area contributed by atoms with Gasteiger partial charge < -0.3 is 15.7 Å². The van der Waals surface area contributed by atoms with E-state index >= 15 is 0 Å². The average molecular weight is 406 g/mol. The van der Waals surface area contributed by atoms with E-state index in [1.165, 1.54) is 30.3 Å². The summed E-state index contributed by atoms with van der Waals surface area (Å²) in [5.41, 5.74) is 1.44. The van der Waals surface area contributed by atoms with Crippen LogP contribution >= 0.6 is 23.2 Å². The van der Waals surface area contributed by atoms with Crippen molar-refractivity contribution < 1.29 is 14.3 Å². The number of aldehydes is 1. The quantitative estimate of drug-likeness (QED) is 0.405. The van der Waals surface area contributed by atoms with Crippen molar-refractivity contribution in [1.29, 1.82) is 0 Å². The predicted octanol–water partition coefficient (Wildman–Crippen LogP) is 5.13. The van der Waals surface area contributed by atoms with Crippen molar-refractivity contribution in [3.8, 4) is 5.75 Å². The predicted molar refractivity (Wildman–Crippen MR) is 107 cm³/mol. The molecule has 0 aliphatic carbocycles. The lowest BCUT2D eigenvalue weighted by Gasteiger charge is -2.15. The Hall–Kier alpha value is -2.83. The summed E-state index contributed by atoms with van der Waals surface area (Å²) in [5, 5.41) is 16.2. The van der Waals surface area contributed by atoms with Gasteiger partial charge in [0.2, 0.25) is 0 Å². The standard InChI is InChI=1S/C19H14Cl2FN3O2/c1-23-5-4-12-14(9-26)13-6-10(22)2-3-17(13)24-19(12)25-18-15(20)7-11(27)8-16(18)21/h2-9,23,27H,1H3,(H,24,25)/b5-4-. The molecule has 0 radical (unpaired) electrons. The number of hydrogen-bond donors (Lipinski definition) is 3. The van der Waals surface area contributed by atoms with E-state index < -0.39 is 5.82 Å². The number of anilines is 2. The minimum absolute atomic E-state index is 0.0821. The molecule has 0 aliphatic heterocycles. The fourth-order valence-electron chi connectivity index (χ4n) is 2.63. The highest BCUT2D eigenvalue weighted by molar-refractivity contribution is 6.39. The van der Waals surface area contributed by atoms with Crippen LogP contribution < -0.4 is 10.6 Å². The van der Waals surface area contributed by atoms with Gasteiger partial charge in [-0.15, -0.1) is 0 Å². The molecular weight excluding hydrogens is 392 g/mol. The number of phenolic OH excluding ortho intramolecular Hbond substituents is 1. The highest BCUT2D eigenvalue weighted by Gasteiger charge is 2.16. The zero-order valence-corrected chi connectivity index (χ0v) is 15.6. The topological polar surface area (TPSA) is 74.2 Å². The second-order valence-corrected chi connectivity index (χ2v) is 6.41. The van der Waals surface area contributed by atoms with Crippen LogP contribution in [0.25, 0.3) is 17.0 Å². The minimum Gasteiger partial charge on any atom is -0.508 e. The van der Waals surface area contributed by atoms with Gasteiger partial charge in [0.05, 0.1) is 21.2 Å². The number of aromatic hydroxyl groups is 1. The first-order valence-corrected chi connectivity index (χ1v) is 8.57. The van der Waals surface area contributed by atoms with Crippen molar-refractivity contribution in [2.24, 2.45) is 0 Å². The van der Waals surface area contributed by atoms with Gasteiger partial charge in [0, 0.05) is 35.7 Å². The number of benzene rings is 2. The van der Waals surface area contributed by atoms with Crippen molar-refractivity contribution in [3.05, 3.63) is 63.5 Å². The fraction of sp³-hybridized carbons (Fsp3) is 0.0526. The summed E-state index contributed by atoms with van der Waals surface area (Å²) in [4.78, 5) is 16.3. The molecule has 5 nitrogen and oxygen atoms in total. The number of phenols is 1. The molecule has 0 atom stereocenters. The Kier molecular flexibility index (Phi) is 5.48. The van der Waals surface area contributed by atoms with Gasteiger partial charge in [-0.1, -0.05) is 23.2 Å². The molecule has 8 heteroatoms. The molecule has 2 aromatic carbocycles. The molecule has 0 amide bonds. The Morgan fingerprint density at radius 2 is 1.85 bits per heavy atom. The summed E-state index contributed by atoms with van der Waals surface area (Å²) in [6.45, 7) is 0. The van der Waals surface area contributed by atoms with E-state index in [2.05, 4.69) is 15.6 Å². The van der Waals surface area contributed by atoms with Gasteiger partial charge in [-0.3, -0.25) is 4.79 Å². The normalized spacial score (nSPS) is 11.1. The number of hydrogen-bond acceptors (Lipinski definition) is 5. The maximum atomic E-state index is 13.7. The Morgan fingerprint density at radius 3 is 2.48 bits per heavy atom. The summed E-state index contributed by atoms with van der Waals surface area (Å²) in [5.74, 6) is -0.250. The van der Waals surface area contributed by atoms with Crippen LogP contribution in [0.1, 0.15) is 15.9 Å². The lowest BCUT2D eigenvalue weighted by atomic mass is 10.0. The van der Waals surface area contributed by atoms with Crippen LogP contribution in [0.4, 0.5) is 15.9 Å². The van der Waals surface area contributed by atoms with Gasteiger partial charge in [0.25, 0.3) is 0 Å². The van der Waals surface area contributed by atoms with E-state index in [0.717, 1.165) is 0 Å². The largest absolute Gasteiger partial charge is 0.508 e. The number of nitrogens with one attached hydrogen (secondary N) is 2. The molecule has 0 unspecified atom stereocenters. The van der Waals surface area contributed by atoms with E-state index in [4.69, 9.17) is 23.2 Å². The van der Waals surface area contributed by atoms with Crippen LogP contribution in [0.2, 0.25) is 10.0 Å². The number of rotatable bonds is 5. The third kappa shape index (κ3) is 3.82. The highest BCUT2D eigenvalue weighted by Crippen LogP contribution is 2.38. The maximum absolute atomic E-state index is 13.7. The third-order valence-electron chi connectivity index (χ3n) is 3.83. The molecule has 3 rings (SSSR count). The summed E-state index contributed by atoms with van der Waals surface area (Å²) in [6.07, 6.45) is 3.88. The van der Waals surface area contributed by atoms with Gasteiger partial charge in [0.15, 0.2) is 6.29 Å². The van der Waals surface area contributed by atoms with E-state index in [-0.39, 0.29) is 21.4 Å².